The molecule has 4 nitrogen and oxygen atoms in total. The Morgan fingerprint density at radius 1 is 0.732 bits per heavy atom. The second-order valence-corrected chi connectivity index (χ2v) is 15.0. The van der Waals surface area contributed by atoms with Gasteiger partial charge in [0.15, 0.2) is 0 Å². The summed E-state index contributed by atoms with van der Waals surface area (Å²) in [7, 11) is -2.72. The van der Waals surface area contributed by atoms with E-state index in [-0.39, 0.29) is 10.6 Å². The Kier molecular flexibility index (Phi) is 7.74. The average molecular weight is 551 g/mol. The summed E-state index contributed by atoms with van der Waals surface area (Å²) in [5, 5.41) is 21.3. The molecule has 0 fully saturated rings. The molecule has 0 saturated heterocycles. The third-order valence-electron chi connectivity index (χ3n) is 7.19. The molecule has 4 aromatic carbocycles. The van der Waals surface area contributed by atoms with E-state index in [1.165, 1.54) is 10.4 Å². The van der Waals surface area contributed by atoms with Crippen molar-refractivity contribution in [2.24, 2.45) is 0 Å². The molecule has 0 spiro atoms. The Balaban J connectivity index is 1.46. The zero-order valence-corrected chi connectivity index (χ0v) is 24.3. The summed E-state index contributed by atoms with van der Waals surface area (Å²) in [5.74, 6) is 1.98. The predicted octanol–water partition coefficient (Wildman–Crippen LogP) is 7.42. The summed E-state index contributed by atoms with van der Waals surface area (Å²) < 4.78 is 13.2. The number of fused-ring (bicyclic) bond motifs is 1. The van der Waals surface area contributed by atoms with Crippen LogP contribution in [0.3, 0.4) is 0 Å². The van der Waals surface area contributed by atoms with Gasteiger partial charge in [0, 0.05) is 11.1 Å². The van der Waals surface area contributed by atoms with Crippen LogP contribution >= 0.6 is 0 Å². The molecule has 1 aliphatic heterocycles. The van der Waals surface area contributed by atoms with Crippen LogP contribution in [0, 0.1) is 22.7 Å². The molecular formula is C36H30N2O2Si. The van der Waals surface area contributed by atoms with Crippen molar-refractivity contribution in [2.45, 2.75) is 25.8 Å². The van der Waals surface area contributed by atoms with Gasteiger partial charge in [0.2, 0.25) is 0 Å². The number of nitrogens with zero attached hydrogens (tertiary/aromatic N) is 2. The lowest BCUT2D eigenvalue weighted by molar-refractivity contribution is 0.439. The van der Waals surface area contributed by atoms with E-state index >= 15 is 0 Å². The maximum atomic E-state index is 9.47. The van der Waals surface area contributed by atoms with Crippen LogP contribution in [0.4, 0.5) is 0 Å². The van der Waals surface area contributed by atoms with Crippen LogP contribution in [-0.2, 0) is 0 Å². The Labute approximate surface area is 242 Å². The fourth-order valence-corrected chi connectivity index (χ4v) is 9.66. The average Bonchev–Trinajstić information content (AvgIpc) is 3.00. The third-order valence-corrected chi connectivity index (χ3v) is 12.1. The molecule has 1 heterocycles. The summed E-state index contributed by atoms with van der Waals surface area (Å²) >= 11 is 0. The number of nitriles is 2. The lowest BCUT2D eigenvalue weighted by atomic mass is 9.97. The summed E-state index contributed by atoms with van der Waals surface area (Å²) in [6.07, 6.45) is 5.53. The minimum absolute atomic E-state index is 0.0523. The summed E-state index contributed by atoms with van der Waals surface area (Å²) in [6, 6.07) is 40.6. The van der Waals surface area contributed by atoms with E-state index in [1.54, 1.807) is 6.08 Å². The van der Waals surface area contributed by atoms with Crippen LogP contribution < -0.4 is 19.5 Å². The molecule has 41 heavy (non-hydrogen) atoms. The first-order valence-corrected chi connectivity index (χ1v) is 15.4. The van der Waals surface area contributed by atoms with Gasteiger partial charge in [-0.15, -0.1) is 0 Å². The van der Waals surface area contributed by atoms with Crippen molar-refractivity contribution < 1.29 is 9.16 Å². The fourth-order valence-electron chi connectivity index (χ4n) is 5.24. The van der Waals surface area contributed by atoms with Gasteiger partial charge in [-0.25, -0.2) is 0 Å². The van der Waals surface area contributed by atoms with E-state index in [0.29, 0.717) is 17.1 Å². The quantitative estimate of drug-likeness (QED) is 0.185. The van der Waals surface area contributed by atoms with Gasteiger partial charge in [0.05, 0.1) is 0 Å². The summed E-state index contributed by atoms with van der Waals surface area (Å²) in [6.45, 7) is 6.79. The Morgan fingerprint density at radius 2 is 1.29 bits per heavy atom. The van der Waals surface area contributed by atoms with Gasteiger partial charge >= 0.3 is 8.32 Å². The van der Waals surface area contributed by atoms with E-state index in [4.69, 9.17) is 9.16 Å². The number of hydrogen-bond donors (Lipinski definition) is 0. The zero-order valence-electron chi connectivity index (χ0n) is 23.3. The number of rotatable bonds is 6. The van der Waals surface area contributed by atoms with Gasteiger partial charge in [0.25, 0.3) is 0 Å². The largest absolute Gasteiger partial charge is 0.534 e. The maximum absolute atomic E-state index is 9.47. The van der Waals surface area contributed by atoms with Crippen LogP contribution in [0.5, 0.6) is 11.5 Å². The van der Waals surface area contributed by atoms with Gasteiger partial charge in [-0.2, -0.15) is 10.5 Å². The molecule has 4 aromatic rings. The normalized spacial score (nSPS) is 12.9. The van der Waals surface area contributed by atoms with E-state index in [2.05, 4.69) is 69.3 Å². The molecule has 0 radical (unpaired) electrons. The second-order valence-electron chi connectivity index (χ2n) is 10.8. The highest BCUT2D eigenvalue weighted by Gasteiger charge is 2.52. The Bertz CT molecular complexity index is 1660. The lowest BCUT2D eigenvalue weighted by Gasteiger charge is -2.43. The number of benzene rings is 4. The van der Waals surface area contributed by atoms with Crippen LogP contribution in [0.2, 0.25) is 5.04 Å². The number of hydrogen-bond acceptors (Lipinski definition) is 4. The molecule has 1 aliphatic rings. The van der Waals surface area contributed by atoms with Crippen molar-refractivity contribution in [3.63, 3.8) is 0 Å². The molecule has 0 bridgehead atoms. The molecule has 0 aliphatic carbocycles. The molecule has 5 rings (SSSR count). The molecule has 0 unspecified atom stereocenters. The van der Waals surface area contributed by atoms with Crippen LogP contribution in [0.1, 0.15) is 31.9 Å². The molecule has 0 amide bonds. The molecule has 0 saturated carbocycles. The van der Waals surface area contributed by atoms with Crippen LogP contribution in [-0.4, -0.2) is 8.32 Å². The van der Waals surface area contributed by atoms with Crippen molar-refractivity contribution in [3.8, 4) is 23.6 Å². The molecule has 200 valence electrons. The van der Waals surface area contributed by atoms with Gasteiger partial charge in [-0.05, 0) is 51.3 Å². The van der Waals surface area contributed by atoms with Gasteiger partial charge in [-0.3, -0.25) is 0 Å². The third kappa shape index (κ3) is 5.50. The molecule has 0 atom stereocenters. The minimum atomic E-state index is -2.72. The zero-order chi connectivity index (χ0) is 28.9. The number of para-hydroxylation sites is 1. The number of allylic oxidation sites excluding steroid dienone is 4. The van der Waals surface area contributed by atoms with Crippen molar-refractivity contribution in [2.75, 3.05) is 0 Å². The minimum Gasteiger partial charge on any atom is -0.534 e. The smallest absolute Gasteiger partial charge is 0.319 e. The van der Waals surface area contributed by atoms with Gasteiger partial charge in [-0.1, -0.05) is 118 Å². The Hall–Kier alpha value is -5.10. The summed E-state index contributed by atoms with van der Waals surface area (Å²) in [5.41, 5.74) is 2.31. The van der Waals surface area contributed by atoms with Crippen LogP contribution in [0.25, 0.3) is 11.6 Å². The predicted molar refractivity (Wildman–Crippen MR) is 167 cm³/mol. The lowest BCUT2D eigenvalue weighted by Crippen LogP contribution is -2.68. The van der Waals surface area contributed by atoms with Gasteiger partial charge in [0.1, 0.15) is 35.0 Å². The fraction of sp³-hybridized carbons (Fsp3) is 0.111. The first-order chi connectivity index (χ1) is 19.9. The Morgan fingerprint density at radius 3 is 1.85 bits per heavy atom. The first-order valence-electron chi connectivity index (χ1n) is 13.5. The monoisotopic (exact) mass is 550 g/mol. The van der Waals surface area contributed by atoms with E-state index in [1.807, 2.05) is 85.0 Å². The van der Waals surface area contributed by atoms with Crippen LogP contribution in [0.15, 0.2) is 133 Å². The van der Waals surface area contributed by atoms with Crippen molar-refractivity contribution in [3.05, 3.63) is 144 Å². The first kappa shape index (κ1) is 27.5. The molecular weight excluding hydrogens is 520 g/mol. The molecule has 0 N–H and O–H groups in total. The van der Waals surface area contributed by atoms with E-state index in [0.717, 1.165) is 16.9 Å². The highest BCUT2D eigenvalue weighted by Crippen LogP contribution is 2.38. The topological polar surface area (TPSA) is 66.0 Å². The molecule has 5 heteroatoms. The van der Waals surface area contributed by atoms with E-state index in [9.17, 15) is 10.5 Å². The van der Waals surface area contributed by atoms with Crippen molar-refractivity contribution in [1.29, 1.82) is 10.5 Å². The summed E-state index contributed by atoms with van der Waals surface area (Å²) in [4.78, 5) is 0. The maximum Gasteiger partial charge on any atom is 0.319 e. The standard InChI is InChI=1S/C36H30N2O2Si/c1-36(2,3)41(31-12-6-4-7-13-31,32-14-8-5-9-15-32)40-29-21-18-27(19-22-29)20-23-30-24-34(28(25-37)26-38)33-16-10-11-17-35(33)39-30/h4-24H,1-3H3/b23-20+. The highest BCUT2D eigenvalue weighted by atomic mass is 28.4. The SMILES string of the molecule is CC(C)(C)[Si](Oc1ccc(/C=C/C2=CC(=C(C#N)C#N)c3ccccc3O2)cc1)(c1ccccc1)c1ccccc1. The highest BCUT2D eigenvalue weighted by molar-refractivity contribution is 7.00. The van der Waals surface area contributed by atoms with Gasteiger partial charge < -0.3 is 9.16 Å². The van der Waals surface area contributed by atoms with E-state index < -0.39 is 8.32 Å². The molecule has 0 aromatic heterocycles. The number of ether oxygens (including phenoxy) is 1. The van der Waals surface area contributed by atoms with Crippen molar-refractivity contribution >= 4 is 30.3 Å². The second kappa shape index (κ2) is 11.6. The van der Waals surface area contributed by atoms with Crippen molar-refractivity contribution in [1.82, 2.24) is 0 Å².